The maximum Gasteiger partial charge on any atom is 0.262 e. The molecule has 23 heavy (non-hydrogen) atoms. The van der Waals surface area contributed by atoms with Crippen LogP contribution in [-0.4, -0.2) is 13.4 Å². The average Bonchev–Trinajstić information content (AvgIpc) is 2.52. The van der Waals surface area contributed by atoms with E-state index in [1.165, 1.54) is 18.3 Å². The van der Waals surface area contributed by atoms with Gasteiger partial charge >= 0.3 is 0 Å². The number of anilines is 1. The second-order valence-corrected chi connectivity index (χ2v) is 7.02. The lowest BCUT2D eigenvalue weighted by molar-refractivity contribution is 0.601. The van der Waals surface area contributed by atoms with E-state index in [1.807, 2.05) is 0 Å². The molecule has 0 bridgehead atoms. The summed E-state index contributed by atoms with van der Waals surface area (Å²) in [6, 6.07) is 10.3. The van der Waals surface area contributed by atoms with Crippen LogP contribution in [0.2, 0.25) is 5.02 Å². The van der Waals surface area contributed by atoms with Gasteiger partial charge in [0, 0.05) is 16.6 Å². The molecule has 3 rings (SSSR count). The van der Waals surface area contributed by atoms with Crippen molar-refractivity contribution < 1.29 is 12.8 Å². The number of nitrogens with one attached hydrogen (secondary N) is 1. The fraction of sp³-hybridized carbons (Fsp3) is 0.0625. The van der Waals surface area contributed by atoms with Crippen molar-refractivity contribution in [1.29, 1.82) is 0 Å². The van der Waals surface area contributed by atoms with Gasteiger partial charge in [-0.25, -0.2) is 12.8 Å². The van der Waals surface area contributed by atoms with E-state index < -0.39 is 15.8 Å². The third kappa shape index (κ3) is 2.87. The lowest BCUT2D eigenvalue weighted by Crippen LogP contribution is -2.14. The Hall–Kier alpha value is -2.18. The minimum atomic E-state index is -3.91. The monoisotopic (exact) mass is 350 g/mol. The third-order valence-corrected chi connectivity index (χ3v) is 5.32. The Bertz CT molecular complexity index is 1010. The van der Waals surface area contributed by atoms with Crippen LogP contribution in [0.1, 0.15) is 5.56 Å². The highest BCUT2D eigenvalue weighted by atomic mass is 35.5. The molecule has 0 aliphatic carbocycles. The van der Waals surface area contributed by atoms with E-state index in [4.69, 9.17) is 11.6 Å². The van der Waals surface area contributed by atoms with Crippen LogP contribution < -0.4 is 4.72 Å². The highest BCUT2D eigenvalue weighted by Crippen LogP contribution is 2.28. The van der Waals surface area contributed by atoms with E-state index in [0.29, 0.717) is 16.3 Å². The van der Waals surface area contributed by atoms with Crippen LogP contribution in [0.5, 0.6) is 0 Å². The Labute approximate surface area is 138 Å². The maximum absolute atomic E-state index is 13.8. The van der Waals surface area contributed by atoms with Crippen LogP contribution in [0.3, 0.4) is 0 Å². The predicted octanol–water partition coefficient (Wildman–Crippen LogP) is 4.14. The van der Waals surface area contributed by atoms with Gasteiger partial charge in [-0.05, 0) is 48.9 Å². The number of nitrogens with zero attached hydrogens (tertiary/aromatic N) is 1. The Kier molecular flexibility index (Phi) is 3.95. The molecule has 0 atom stereocenters. The van der Waals surface area contributed by atoms with Crippen molar-refractivity contribution in [3.8, 4) is 0 Å². The quantitative estimate of drug-likeness (QED) is 0.772. The molecular formula is C16H12ClFN2O2S. The Balaban J connectivity index is 2.14. The van der Waals surface area contributed by atoms with Crippen LogP contribution in [0.4, 0.5) is 10.1 Å². The zero-order valence-corrected chi connectivity index (χ0v) is 13.6. The molecule has 0 saturated heterocycles. The molecule has 0 unspecified atom stereocenters. The molecule has 4 nitrogen and oxygen atoms in total. The molecule has 0 fully saturated rings. The largest absolute Gasteiger partial charge is 0.279 e. The second-order valence-electron chi connectivity index (χ2n) is 4.96. The normalized spacial score (nSPS) is 11.6. The first-order valence-electron chi connectivity index (χ1n) is 6.71. The van der Waals surface area contributed by atoms with Crippen molar-refractivity contribution in [1.82, 2.24) is 4.98 Å². The van der Waals surface area contributed by atoms with Crippen LogP contribution >= 0.6 is 11.6 Å². The van der Waals surface area contributed by atoms with Crippen molar-refractivity contribution in [2.45, 2.75) is 11.8 Å². The molecule has 0 saturated carbocycles. The summed E-state index contributed by atoms with van der Waals surface area (Å²) >= 11 is 6.01. The molecule has 118 valence electrons. The number of sulfonamides is 1. The zero-order valence-electron chi connectivity index (χ0n) is 12.0. The van der Waals surface area contributed by atoms with E-state index >= 15 is 0 Å². The van der Waals surface area contributed by atoms with Crippen LogP contribution in [-0.2, 0) is 10.0 Å². The number of hydrogen-bond donors (Lipinski definition) is 1. The van der Waals surface area contributed by atoms with Crippen LogP contribution in [0, 0.1) is 12.7 Å². The van der Waals surface area contributed by atoms with Gasteiger partial charge < -0.3 is 0 Å². The molecule has 1 heterocycles. The smallest absolute Gasteiger partial charge is 0.262 e. The number of benzene rings is 2. The van der Waals surface area contributed by atoms with Gasteiger partial charge in [-0.3, -0.25) is 9.71 Å². The lowest BCUT2D eigenvalue weighted by Gasteiger charge is -2.13. The molecule has 0 aliphatic rings. The number of rotatable bonds is 3. The zero-order chi connectivity index (χ0) is 16.6. The summed E-state index contributed by atoms with van der Waals surface area (Å²) in [5.41, 5.74) is 0.999. The van der Waals surface area contributed by atoms with E-state index in [1.54, 1.807) is 31.2 Å². The Morgan fingerprint density at radius 3 is 2.70 bits per heavy atom. The minimum Gasteiger partial charge on any atom is -0.279 e. The molecule has 1 aromatic heterocycles. The molecule has 0 amide bonds. The second kappa shape index (κ2) is 5.79. The summed E-state index contributed by atoms with van der Waals surface area (Å²) in [4.78, 5) is 3.86. The highest BCUT2D eigenvalue weighted by molar-refractivity contribution is 7.93. The van der Waals surface area contributed by atoms with Crippen molar-refractivity contribution in [2.75, 3.05) is 4.72 Å². The molecule has 0 radical (unpaired) electrons. The summed E-state index contributed by atoms with van der Waals surface area (Å²) in [7, 11) is -3.91. The first kappa shape index (κ1) is 15.7. The molecule has 0 aliphatic heterocycles. The van der Waals surface area contributed by atoms with E-state index in [2.05, 4.69) is 9.71 Å². The summed E-state index contributed by atoms with van der Waals surface area (Å²) in [5, 5.41) is 0.676. The van der Waals surface area contributed by atoms with Crippen LogP contribution in [0.25, 0.3) is 10.9 Å². The topological polar surface area (TPSA) is 59.1 Å². The van der Waals surface area contributed by atoms with Gasteiger partial charge in [0.1, 0.15) is 11.3 Å². The third-order valence-electron chi connectivity index (χ3n) is 3.48. The van der Waals surface area contributed by atoms with Crippen molar-refractivity contribution in [2.24, 2.45) is 0 Å². The first-order valence-corrected chi connectivity index (χ1v) is 8.57. The standard InChI is InChI=1S/C16H12ClFN2O2S/c1-10-12(17)5-2-6-14(10)20-23(21,22)15-8-7-13(18)16-11(15)4-3-9-19-16/h2-9,20H,1H3. The Morgan fingerprint density at radius 2 is 1.91 bits per heavy atom. The van der Waals surface area contributed by atoms with E-state index in [0.717, 1.165) is 6.07 Å². The van der Waals surface area contributed by atoms with Crippen molar-refractivity contribution in [3.63, 3.8) is 0 Å². The fourth-order valence-corrected chi connectivity index (χ4v) is 3.76. The van der Waals surface area contributed by atoms with Gasteiger partial charge in [-0.2, -0.15) is 0 Å². The molecule has 1 N–H and O–H groups in total. The number of halogens is 2. The van der Waals surface area contributed by atoms with Gasteiger partial charge in [-0.15, -0.1) is 0 Å². The first-order chi connectivity index (χ1) is 10.9. The predicted molar refractivity (Wildman–Crippen MR) is 88.7 cm³/mol. The molecule has 3 aromatic rings. The molecular weight excluding hydrogens is 339 g/mol. The van der Waals surface area contributed by atoms with Gasteiger partial charge in [-0.1, -0.05) is 17.7 Å². The number of hydrogen-bond acceptors (Lipinski definition) is 3. The fourth-order valence-electron chi connectivity index (χ4n) is 2.26. The SMILES string of the molecule is Cc1c(Cl)cccc1NS(=O)(=O)c1ccc(F)c2ncccc12. The van der Waals surface area contributed by atoms with Crippen LogP contribution in [0.15, 0.2) is 53.6 Å². The summed E-state index contributed by atoms with van der Waals surface area (Å²) in [6.45, 7) is 1.71. The van der Waals surface area contributed by atoms with Gasteiger partial charge in [0.25, 0.3) is 10.0 Å². The highest BCUT2D eigenvalue weighted by Gasteiger charge is 2.20. The molecule has 0 spiro atoms. The summed E-state index contributed by atoms with van der Waals surface area (Å²) in [5.74, 6) is -0.571. The number of fused-ring (bicyclic) bond motifs is 1. The minimum absolute atomic E-state index is 0.0122. The maximum atomic E-state index is 13.8. The number of aromatic nitrogens is 1. The Morgan fingerprint density at radius 1 is 1.13 bits per heavy atom. The van der Waals surface area contributed by atoms with Crippen molar-refractivity contribution in [3.05, 3.63) is 65.1 Å². The van der Waals surface area contributed by atoms with Gasteiger partial charge in [0.05, 0.1) is 10.6 Å². The lowest BCUT2D eigenvalue weighted by atomic mass is 10.2. The van der Waals surface area contributed by atoms with E-state index in [9.17, 15) is 12.8 Å². The van der Waals surface area contributed by atoms with Gasteiger partial charge in [0.2, 0.25) is 0 Å². The average molecular weight is 351 g/mol. The summed E-state index contributed by atoms with van der Waals surface area (Å²) < 4.78 is 41.7. The van der Waals surface area contributed by atoms with Crippen molar-refractivity contribution >= 4 is 38.2 Å². The number of pyridine rings is 1. The molecule has 2 aromatic carbocycles. The summed E-state index contributed by atoms with van der Waals surface area (Å²) in [6.07, 6.45) is 1.41. The van der Waals surface area contributed by atoms with Gasteiger partial charge in [0.15, 0.2) is 0 Å². The molecule has 7 heteroatoms. The van der Waals surface area contributed by atoms with E-state index in [-0.39, 0.29) is 15.8 Å².